The number of halogens is 26. The van der Waals surface area contributed by atoms with Gasteiger partial charge in [0.2, 0.25) is 0 Å². The average molecular weight is 1890 g/mol. The number of hydrogen-bond acceptors (Lipinski definition) is 7. The van der Waals surface area contributed by atoms with Crippen molar-refractivity contribution in [2.24, 2.45) is 15.1 Å². The number of phenols is 2. The maximum absolute atomic E-state index is 12.7. The fraction of sp³-hybridized carbons (Fsp3) is 0.513. The van der Waals surface area contributed by atoms with Crippen LogP contribution in [0.25, 0.3) is 5.57 Å². The fourth-order valence-electron chi connectivity index (χ4n) is 11.5. The number of benzene rings is 6. The minimum absolute atomic E-state index is 0. The van der Waals surface area contributed by atoms with Crippen LogP contribution in [-0.4, -0.2) is 61.9 Å². The molecule has 113 heavy (non-hydrogen) atoms. The summed E-state index contributed by atoms with van der Waals surface area (Å²) in [6, 6.07) is 20.7. The first-order chi connectivity index (χ1) is 50.2. The Morgan fingerprint density at radius 2 is 0.805 bits per heavy atom. The van der Waals surface area contributed by atoms with E-state index >= 15 is 0 Å². The molecule has 1 aliphatic heterocycles. The van der Waals surface area contributed by atoms with Crippen molar-refractivity contribution in [3.8, 4) is 23.0 Å². The quantitative estimate of drug-likeness (QED) is 0.0419. The van der Waals surface area contributed by atoms with Crippen LogP contribution in [0.3, 0.4) is 0 Å². The molecule has 0 unspecified atom stereocenters. The number of hydrogen-bond donors (Lipinski definition) is 4. The maximum atomic E-state index is 12.7. The number of aromatic hydroxyl groups is 2. The number of ether oxygens (including phenoxy) is 2. The largest absolute Gasteiger partial charge is 0.508 e. The van der Waals surface area contributed by atoms with Crippen molar-refractivity contribution in [1.82, 2.24) is 5.32 Å². The van der Waals surface area contributed by atoms with E-state index in [1.807, 2.05) is 0 Å². The van der Waals surface area contributed by atoms with E-state index in [4.69, 9.17) is 20.1 Å². The average Bonchev–Trinajstić information content (AvgIpc) is 0.820. The van der Waals surface area contributed by atoms with Crippen molar-refractivity contribution in [2.45, 2.75) is 209 Å². The first-order valence-corrected chi connectivity index (χ1v) is 36.4. The van der Waals surface area contributed by atoms with Crippen molar-refractivity contribution in [3.05, 3.63) is 191 Å². The molecule has 0 radical (unpaired) electrons. The highest BCUT2D eigenvalue weighted by Gasteiger charge is 2.37. The standard InChI is InChI=1S/C15H18F4O.C14H17F4NO.C14H15F3.C13H15F3O.C8H6BrF3.C7H4BrF3O.C2H4BrF.5CH4.ClHN4.ClH.H2/c16-8-9-20-14-10-12(15(17,18)19)6-7-13(14)11-4-2-1-3-5-11;15-5-8-20-13-9-11(14(16,17)18)1-2-12(13)10-3-6-19-7-4-10;1-10-9-12(14(15,16)17)7-8-13(10)11-5-3-2-4-6-11;14-13(15,16)10-6-7-11(12(17)8-10)9-4-2-1-3-5-9;1-5-4-6(8(10,11)12)2-3-7(5)9;8-5-2-1-4(3-6(5)12)7(9,10)11;3-1-2-4;;;;;;1-3-5-4-2;;/h6-7,10-11H,1-5,8-9H2;1-2,9-10,19H,3-8H2;5,7-9H,2-4,6H2,1H3;6-9,17H,1-5H2;2-4H,1H3;1-3,12H;1-2H2;5*1H4;2H;2*1H/i;;;;;;;;;;;;;;1+1. The summed E-state index contributed by atoms with van der Waals surface area (Å²) in [7, 11) is 0. The molecule has 4 N–H and O–H groups in total. The summed E-state index contributed by atoms with van der Waals surface area (Å²) in [4.78, 5) is 0. The van der Waals surface area contributed by atoms with Gasteiger partial charge in [-0.05, 0) is 259 Å². The number of allylic oxidation sites excluding steroid dienone is 2. The number of piperidine rings is 1. The molecule has 0 aromatic heterocycles. The van der Waals surface area contributed by atoms with Crippen LogP contribution in [0.15, 0.2) is 139 Å². The van der Waals surface area contributed by atoms with Crippen LogP contribution < -0.4 is 14.8 Å². The van der Waals surface area contributed by atoms with Crippen LogP contribution >= 0.6 is 72.0 Å². The molecule has 3 fully saturated rings. The number of nitrogens with zero attached hydrogens (tertiary/aromatic N) is 3. The van der Waals surface area contributed by atoms with E-state index < -0.39 is 89.5 Å². The second-order valence-electron chi connectivity index (χ2n) is 24.3. The summed E-state index contributed by atoms with van der Waals surface area (Å²) in [6.45, 7) is 2.91. The second-order valence-corrected chi connectivity index (χ2v) is 27.0. The molecule has 35 heteroatoms. The molecule has 0 spiro atoms. The summed E-state index contributed by atoms with van der Waals surface area (Å²) < 4.78 is 272. The SMILES string of the molecule is C.C.C.C.C.Cc1cc(C(F)(F)F)ccc1Br.Cc1cc(C(F)(F)F)ccc1C1=CCCCC1.Cl.FCCBr.FCCOc1cc(C(F)(F)F)ccc1C1CCCCC1.FCCOc1cc(C(F)(F)F)ccc1C1CCNCC1.N=NN=NCl.Oc1cc(C(F)(F)F)ccc1Br.Oc1cc(C(F)(F)F)ccc1C1CCCCC1.[2HH]. The monoisotopic (exact) mass is 1880 g/mol. The van der Waals surface area contributed by atoms with Crippen molar-refractivity contribution >= 4 is 77.5 Å². The Bertz CT molecular complexity index is 3560. The molecular weight excluding hydrogens is 1780 g/mol. The third kappa shape index (κ3) is 41.1. The predicted molar refractivity (Wildman–Crippen MR) is 421 cm³/mol. The first kappa shape index (κ1) is 113. The Labute approximate surface area is 687 Å². The van der Waals surface area contributed by atoms with E-state index in [9.17, 15) is 97.3 Å². The highest BCUT2D eigenvalue weighted by atomic mass is 79.9. The van der Waals surface area contributed by atoms with Gasteiger partial charge in [0.15, 0.2) is 0 Å². The molecule has 1 saturated heterocycles. The Morgan fingerprint density at radius 3 is 1.13 bits per heavy atom. The summed E-state index contributed by atoms with van der Waals surface area (Å²) in [5.74, 6) is 0.310. The molecule has 0 amide bonds. The van der Waals surface area contributed by atoms with Gasteiger partial charge in [0.1, 0.15) is 49.6 Å². The third-order valence-corrected chi connectivity index (χ3v) is 18.6. The van der Waals surface area contributed by atoms with E-state index in [2.05, 4.69) is 86.0 Å². The molecule has 0 atom stereocenters. The second kappa shape index (κ2) is 55.6. The lowest BCUT2D eigenvalue weighted by atomic mass is 9.83. The zero-order chi connectivity index (χ0) is 80.3. The minimum Gasteiger partial charge on any atom is -0.508 e. The van der Waals surface area contributed by atoms with Crippen LogP contribution in [0.1, 0.15) is 226 Å². The topological polar surface area (TPSA) is 132 Å². The van der Waals surface area contributed by atoms with Gasteiger partial charge in [-0.3, -0.25) is 4.39 Å². The number of nitrogens with one attached hydrogen (secondary N) is 2. The van der Waals surface area contributed by atoms with Crippen LogP contribution in [-0.2, 0) is 37.1 Å². The van der Waals surface area contributed by atoms with Gasteiger partial charge < -0.3 is 25.0 Å². The maximum Gasteiger partial charge on any atom is 0.416 e. The molecular formula is C78H103Br3Cl2F21N5O4. The molecule has 2 saturated carbocycles. The van der Waals surface area contributed by atoms with Crippen molar-refractivity contribution in [3.63, 3.8) is 0 Å². The van der Waals surface area contributed by atoms with Gasteiger partial charge >= 0.3 is 37.1 Å². The van der Waals surface area contributed by atoms with Crippen molar-refractivity contribution in [1.29, 1.82) is 5.53 Å². The lowest BCUT2D eigenvalue weighted by Crippen LogP contribution is -2.27. The van der Waals surface area contributed by atoms with Crippen LogP contribution in [0.2, 0.25) is 0 Å². The molecule has 9 nitrogen and oxygen atoms in total. The van der Waals surface area contributed by atoms with E-state index in [1.54, 1.807) is 19.9 Å². The summed E-state index contributed by atoms with van der Waals surface area (Å²) >= 11 is 13.4. The number of phenolic OH excluding ortho intramolecular Hbond substituents is 2. The van der Waals surface area contributed by atoms with E-state index in [1.165, 1.54) is 54.8 Å². The smallest absolute Gasteiger partial charge is 0.416 e. The third-order valence-electron chi connectivity index (χ3n) is 16.7. The highest BCUT2D eigenvalue weighted by Crippen LogP contribution is 2.44. The molecule has 0 bridgehead atoms. The van der Waals surface area contributed by atoms with Crippen LogP contribution in [0.5, 0.6) is 23.0 Å². The predicted octanol–water partition coefficient (Wildman–Crippen LogP) is 31.7. The Kier molecular flexibility index (Phi) is 55.7. The van der Waals surface area contributed by atoms with Gasteiger partial charge in [0.05, 0.1) is 56.3 Å². The van der Waals surface area contributed by atoms with Gasteiger partial charge in [0, 0.05) is 11.2 Å². The highest BCUT2D eigenvalue weighted by molar-refractivity contribution is 9.11. The zero-order valence-electron chi connectivity index (χ0n) is 58.1. The Balaban J connectivity index is -0.000000406. The summed E-state index contributed by atoms with van der Waals surface area (Å²) in [5, 5.41) is 27.4. The first-order valence-electron chi connectivity index (χ1n) is 33.3. The van der Waals surface area contributed by atoms with Gasteiger partial charge in [-0.2, -0.15) is 84.6 Å². The van der Waals surface area contributed by atoms with Crippen LogP contribution in [0, 0.1) is 19.4 Å². The molecule has 10 rings (SSSR count). The minimum atomic E-state index is -4.42. The molecule has 1 heterocycles. The molecule has 6 aromatic carbocycles. The lowest BCUT2D eigenvalue weighted by molar-refractivity contribution is -0.138. The Morgan fingerprint density at radius 1 is 0.460 bits per heavy atom. The Hall–Kier alpha value is -6.03. The zero-order valence-corrected chi connectivity index (χ0v) is 64.4. The van der Waals surface area contributed by atoms with E-state index in [0.717, 1.165) is 180 Å². The van der Waals surface area contributed by atoms with Crippen LogP contribution in [0.4, 0.5) is 92.2 Å². The normalized spacial score (nSPS) is 14.5. The molecule has 6 aromatic rings. The van der Waals surface area contributed by atoms with Gasteiger partial charge in [-0.1, -0.05) is 142 Å². The van der Waals surface area contributed by atoms with E-state index in [-0.39, 0.29) is 110 Å². The van der Waals surface area contributed by atoms with Crippen molar-refractivity contribution < 1.29 is 113 Å². The van der Waals surface area contributed by atoms with Gasteiger partial charge in [-0.15, -0.1) is 12.4 Å². The molecule has 646 valence electrons. The lowest BCUT2D eigenvalue weighted by Gasteiger charge is -2.25. The number of aryl methyl sites for hydroxylation is 2. The van der Waals surface area contributed by atoms with Gasteiger partial charge in [-0.25, -0.2) is 8.78 Å². The number of rotatable bonds is 12. The van der Waals surface area contributed by atoms with E-state index in [0.29, 0.717) is 32.6 Å². The molecule has 3 aliphatic carbocycles. The fourth-order valence-corrected chi connectivity index (χ4v) is 12.0. The summed E-state index contributed by atoms with van der Waals surface area (Å²) in [5.41, 5.74) is 7.23. The van der Waals surface area contributed by atoms with Gasteiger partial charge in [0.25, 0.3) is 0 Å². The molecule has 4 aliphatic rings. The summed E-state index contributed by atoms with van der Waals surface area (Å²) in [6.07, 6.45) is -7.43. The number of alkyl halides is 22. The van der Waals surface area contributed by atoms with Crippen molar-refractivity contribution in [2.75, 3.05) is 51.7 Å².